The molecule has 0 saturated heterocycles. The van der Waals surface area contributed by atoms with E-state index < -0.39 is 5.60 Å². The Hall–Kier alpha value is -0.890. The Morgan fingerprint density at radius 3 is 2.64 bits per heavy atom. The molecule has 1 aromatic carbocycles. The number of rotatable bonds is 3. The Balaban J connectivity index is 2.22. The number of benzene rings is 1. The highest BCUT2D eigenvalue weighted by Crippen LogP contribution is 2.40. The molecule has 1 aromatic rings. The molecule has 1 N–H and O–H groups in total. The van der Waals surface area contributed by atoms with Crippen molar-refractivity contribution < 1.29 is 9.50 Å². The van der Waals surface area contributed by atoms with Gasteiger partial charge in [0.1, 0.15) is 5.82 Å². The highest BCUT2D eigenvalue weighted by Gasteiger charge is 2.34. The SMILES string of the molecule is CC(O)(CC1CC1)c1ccccc1F. The van der Waals surface area contributed by atoms with Gasteiger partial charge in [0.05, 0.1) is 5.60 Å². The van der Waals surface area contributed by atoms with Gasteiger partial charge in [0.25, 0.3) is 0 Å². The first-order valence-electron chi connectivity index (χ1n) is 5.07. The lowest BCUT2D eigenvalue weighted by Gasteiger charge is -2.24. The zero-order chi connectivity index (χ0) is 10.2. The van der Waals surface area contributed by atoms with E-state index in [1.807, 2.05) is 0 Å². The molecule has 1 atom stereocenters. The lowest BCUT2D eigenvalue weighted by Crippen LogP contribution is -2.23. The summed E-state index contributed by atoms with van der Waals surface area (Å²) in [6, 6.07) is 6.47. The summed E-state index contributed by atoms with van der Waals surface area (Å²) >= 11 is 0. The van der Waals surface area contributed by atoms with Crippen LogP contribution in [0, 0.1) is 11.7 Å². The molecule has 14 heavy (non-hydrogen) atoms. The molecule has 1 aliphatic rings. The molecule has 0 amide bonds. The van der Waals surface area contributed by atoms with Crippen molar-refractivity contribution >= 4 is 0 Å². The molecule has 0 aliphatic heterocycles. The minimum Gasteiger partial charge on any atom is -0.385 e. The third kappa shape index (κ3) is 1.95. The van der Waals surface area contributed by atoms with E-state index in [2.05, 4.69) is 0 Å². The van der Waals surface area contributed by atoms with Gasteiger partial charge in [-0.3, -0.25) is 0 Å². The Kier molecular flexibility index (Phi) is 2.31. The quantitative estimate of drug-likeness (QED) is 0.784. The predicted molar refractivity (Wildman–Crippen MR) is 53.3 cm³/mol. The van der Waals surface area contributed by atoms with Gasteiger partial charge in [-0.2, -0.15) is 0 Å². The molecule has 0 spiro atoms. The van der Waals surface area contributed by atoms with Gasteiger partial charge in [0.15, 0.2) is 0 Å². The molecular formula is C12H15FO. The van der Waals surface area contributed by atoms with E-state index in [4.69, 9.17) is 0 Å². The molecule has 1 unspecified atom stereocenters. The second-order valence-electron chi connectivity index (χ2n) is 4.40. The molecule has 1 fully saturated rings. The highest BCUT2D eigenvalue weighted by atomic mass is 19.1. The summed E-state index contributed by atoms with van der Waals surface area (Å²) in [6.07, 6.45) is 3.02. The van der Waals surface area contributed by atoms with Crippen molar-refractivity contribution in [1.82, 2.24) is 0 Å². The summed E-state index contributed by atoms with van der Waals surface area (Å²) in [7, 11) is 0. The maximum Gasteiger partial charge on any atom is 0.129 e. The van der Waals surface area contributed by atoms with E-state index in [-0.39, 0.29) is 5.82 Å². The summed E-state index contributed by atoms with van der Waals surface area (Å²) in [5, 5.41) is 10.1. The normalized spacial score (nSPS) is 20.5. The van der Waals surface area contributed by atoms with E-state index in [9.17, 15) is 9.50 Å². The molecule has 2 rings (SSSR count). The van der Waals surface area contributed by atoms with E-state index in [0.717, 1.165) is 0 Å². The lowest BCUT2D eigenvalue weighted by atomic mass is 9.90. The third-order valence-electron chi connectivity index (χ3n) is 2.84. The molecule has 1 nitrogen and oxygen atoms in total. The van der Waals surface area contributed by atoms with Crippen LogP contribution in [0.5, 0.6) is 0 Å². The van der Waals surface area contributed by atoms with Crippen molar-refractivity contribution in [1.29, 1.82) is 0 Å². The molecule has 1 saturated carbocycles. The summed E-state index contributed by atoms with van der Waals surface area (Å²) in [5.41, 5.74) is -0.584. The average Bonchev–Trinajstić information content (AvgIpc) is 2.88. The van der Waals surface area contributed by atoms with Gasteiger partial charge in [-0.15, -0.1) is 0 Å². The van der Waals surface area contributed by atoms with Gasteiger partial charge >= 0.3 is 0 Å². The van der Waals surface area contributed by atoms with Gasteiger partial charge in [-0.25, -0.2) is 4.39 Å². The van der Waals surface area contributed by atoms with Gasteiger partial charge < -0.3 is 5.11 Å². The molecule has 0 bridgehead atoms. The molecule has 0 aromatic heterocycles. The molecule has 0 heterocycles. The van der Waals surface area contributed by atoms with Gasteiger partial charge in [-0.1, -0.05) is 31.0 Å². The van der Waals surface area contributed by atoms with Crippen molar-refractivity contribution in [3.8, 4) is 0 Å². The number of hydrogen-bond donors (Lipinski definition) is 1. The molecular weight excluding hydrogens is 179 g/mol. The maximum absolute atomic E-state index is 13.4. The zero-order valence-corrected chi connectivity index (χ0v) is 8.33. The molecule has 76 valence electrons. The van der Waals surface area contributed by atoms with Crippen molar-refractivity contribution in [2.24, 2.45) is 5.92 Å². The maximum atomic E-state index is 13.4. The fraction of sp³-hybridized carbons (Fsp3) is 0.500. The lowest BCUT2D eigenvalue weighted by molar-refractivity contribution is 0.0382. The van der Waals surface area contributed by atoms with Crippen molar-refractivity contribution in [2.75, 3.05) is 0 Å². The summed E-state index contributed by atoms with van der Waals surface area (Å²) < 4.78 is 13.4. The van der Waals surface area contributed by atoms with E-state index >= 15 is 0 Å². The first-order valence-corrected chi connectivity index (χ1v) is 5.07. The van der Waals surface area contributed by atoms with E-state index in [1.54, 1.807) is 25.1 Å². The number of aliphatic hydroxyl groups is 1. The fourth-order valence-corrected chi connectivity index (χ4v) is 1.89. The second-order valence-corrected chi connectivity index (χ2v) is 4.40. The largest absolute Gasteiger partial charge is 0.385 e. The monoisotopic (exact) mass is 194 g/mol. The van der Waals surface area contributed by atoms with Crippen LogP contribution in [0.4, 0.5) is 4.39 Å². The van der Waals surface area contributed by atoms with Crippen LogP contribution in [-0.2, 0) is 5.60 Å². The summed E-state index contributed by atoms with van der Waals surface area (Å²) in [5.74, 6) is 0.280. The predicted octanol–water partition coefficient (Wildman–Crippen LogP) is 2.83. The highest BCUT2D eigenvalue weighted by molar-refractivity contribution is 5.23. The van der Waals surface area contributed by atoms with E-state index in [1.165, 1.54) is 18.9 Å². The van der Waals surface area contributed by atoms with Crippen molar-refractivity contribution in [3.05, 3.63) is 35.6 Å². The van der Waals surface area contributed by atoms with Crippen molar-refractivity contribution in [3.63, 3.8) is 0 Å². The Morgan fingerprint density at radius 1 is 1.43 bits per heavy atom. The zero-order valence-electron chi connectivity index (χ0n) is 8.33. The first kappa shape index (κ1) is 9.66. The van der Waals surface area contributed by atoms with Crippen LogP contribution in [0.25, 0.3) is 0 Å². The Bertz CT molecular complexity index is 329. The summed E-state index contributed by atoms with van der Waals surface area (Å²) in [6.45, 7) is 1.70. The molecule has 0 radical (unpaired) electrons. The Morgan fingerprint density at radius 2 is 2.07 bits per heavy atom. The van der Waals surface area contributed by atoms with Crippen molar-refractivity contribution in [2.45, 2.75) is 31.8 Å². The third-order valence-corrected chi connectivity index (χ3v) is 2.84. The first-order chi connectivity index (χ1) is 6.59. The molecule has 1 aliphatic carbocycles. The van der Waals surface area contributed by atoms with E-state index in [0.29, 0.717) is 17.9 Å². The smallest absolute Gasteiger partial charge is 0.129 e. The van der Waals surface area contributed by atoms with Crippen LogP contribution in [0.15, 0.2) is 24.3 Å². The minimum absolute atomic E-state index is 0.307. The van der Waals surface area contributed by atoms with Crippen LogP contribution in [0.2, 0.25) is 0 Å². The molecule has 2 heteroatoms. The standard InChI is InChI=1S/C12H15FO/c1-12(14,8-9-6-7-9)10-4-2-3-5-11(10)13/h2-5,9,14H,6-8H2,1H3. The fourth-order valence-electron chi connectivity index (χ4n) is 1.89. The van der Waals surface area contributed by atoms with Crippen LogP contribution < -0.4 is 0 Å². The number of hydrogen-bond acceptors (Lipinski definition) is 1. The van der Waals surface area contributed by atoms with Gasteiger partial charge in [0.2, 0.25) is 0 Å². The summed E-state index contributed by atoms with van der Waals surface area (Å²) in [4.78, 5) is 0. The Labute approximate surface area is 83.6 Å². The van der Waals surface area contributed by atoms with Crippen LogP contribution in [0.3, 0.4) is 0 Å². The average molecular weight is 194 g/mol. The van der Waals surface area contributed by atoms with Gasteiger partial charge in [0, 0.05) is 5.56 Å². The topological polar surface area (TPSA) is 20.2 Å². The van der Waals surface area contributed by atoms with Crippen LogP contribution >= 0.6 is 0 Å². The second kappa shape index (κ2) is 3.35. The van der Waals surface area contributed by atoms with Gasteiger partial charge in [-0.05, 0) is 25.3 Å². The minimum atomic E-state index is -1.01. The van der Waals surface area contributed by atoms with Crippen LogP contribution in [-0.4, -0.2) is 5.11 Å². The number of halogens is 1. The van der Waals surface area contributed by atoms with Crippen LogP contribution in [0.1, 0.15) is 31.7 Å².